The van der Waals surface area contributed by atoms with E-state index in [1.165, 1.54) is 12.1 Å². The first-order valence-corrected chi connectivity index (χ1v) is 6.33. The van der Waals surface area contributed by atoms with Gasteiger partial charge in [-0.15, -0.1) is 0 Å². The summed E-state index contributed by atoms with van der Waals surface area (Å²) in [6.07, 6.45) is 0. The van der Waals surface area contributed by atoms with E-state index in [9.17, 15) is 9.18 Å². The van der Waals surface area contributed by atoms with Crippen LogP contribution in [-0.4, -0.2) is 5.91 Å². The largest absolute Gasteiger partial charge is 0.370 e. The van der Waals surface area contributed by atoms with E-state index >= 15 is 0 Å². The third-order valence-electron chi connectivity index (χ3n) is 3.06. The molecule has 0 radical (unpaired) electrons. The molecule has 5 heteroatoms. The average Bonchev–Trinajstić information content (AvgIpc) is 2.45. The van der Waals surface area contributed by atoms with Crippen LogP contribution in [0.1, 0.15) is 22.7 Å². The number of carbonyl (C=O) groups excluding carboxylic acids is 1. The molecule has 3 N–H and O–H groups in total. The van der Waals surface area contributed by atoms with Crippen molar-refractivity contribution in [1.82, 2.24) is 0 Å². The van der Waals surface area contributed by atoms with Gasteiger partial charge < -0.3 is 11.1 Å². The topological polar surface area (TPSA) is 78.9 Å². The van der Waals surface area contributed by atoms with E-state index < -0.39 is 17.8 Å². The van der Waals surface area contributed by atoms with E-state index in [2.05, 4.69) is 5.32 Å². The number of nitrogens with two attached hydrogens (primary N) is 1. The Morgan fingerprint density at radius 2 is 2.10 bits per heavy atom. The van der Waals surface area contributed by atoms with E-state index in [1.54, 1.807) is 12.1 Å². The van der Waals surface area contributed by atoms with Crippen molar-refractivity contribution in [3.63, 3.8) is 0 Å². The van der Waals surface area contributed by atoms with E-state index in [0.29, 0.717) is 5.56 Å². The molecule has 4 nitrogen and oxygen atoms in total. The maximum Gasteiger partial charge on any atom is 0.244 e. The minimum atomic E-state index is -0.834. The number of aryl methyl sites for hydroxylation is 1. The molecule has 21 heavy (non-hydrogen) atoms. The molecule has 0 bridgehead atoms. The molecule has 0 saturated heterocycles. The number of anilines is 1. The van der Waals surface area contributed by atoms with Crippen LogP contribution in [0.4, 0.5) is 10.1 Å². The molecule has 2 rings (SSSR count). The second-order valence-electron chi connectivity index (χ2n) is 4.70. The van der Waals surface area contributed by atoms with Crippen molar-refractivity contribution in [2.75, 3.05) is 5.32 Å². The molecule has 0 heterocycles. The highest BCUT2D eigenvalue weighted by atomic mass is 19.1. The first-order valence-electron chi connectivity index (χ1n) is 6.33. The summed E-state index contributed by atoms with van der Waals surface area (Å²) in [7, 11) is 0. The molecule has 0 aliphatic rings. The smallest absolute Gasteiger partial charge is 0.244 e. The molecule has 1 atom stereocenters. The van der Waals surface area contributed by atoms with Crippen LogP contribution in [-0.2, 0) is 4.79 Å². The maximum atomic E-state index is 13.4. The van der Waals surface area contributed by atoms with Gasteiger partial charge in [-0.1, -0.05) is 18.2 Å². The number of rotatable bonds is 4. The van der Waals surface area contributed by atoms with Crippen molar-refractivity contribution >= 4 is 11.6 Å². The van der Waals surface area contributed by atoms with E-state index in [0.717, 1.165) is 17.3 Å². The molecule has 0 spiro atoms. The number of halogens is 1. The number of carbonyl (C=O) groups is 1. The molecule has 0 aliphatic carbocycles. The second kappa shape index (κ2) is 6.06. The van der Waals surface area contributed by atoms with Crippen molar-refractivity contribution in [2.45, 2.75) is 13.0 Å². The van der Waals surface area contributed by atoms with Crippen LogP contribution in [0.3, 0.4) is 0 Å². The van der Waals surface area contributed by atoms with E-state index in [4.69, 9.17) is 11.0 Å². The molecule has 106 valence electrons. The summed E-state index contributed by atoms with van der Waals surface area (Å²) in [5.41, 5.74) is 7.48. The molecule has 0 aliphatic heterocycles. The van der Waals surface area contributed by atoms with Gasteiger partial charge in [0.15, 0.2) is 0 Å². The van der Waals surface area contributed by atoms with Crippen LogP contribution in [0, 0.1) is 24.1 Å². The summed E-state index contributed by atoms with van der Waals surface area (Å²) in [5.74, 6) is -1.23. The number of benzene rings is 2. The standard InChI is InChI=1S/C16H14FN3O/c1-10-3-2-4-13(7-10)20-15(16(19)21)11-5-6-14(17)12(8-11)9-18/h2-8,15,20H,1H3,(H2,19,21). The number of nitrogens with zero attached hydrogens (tertiary/aromatic N) is 1. The van der Waals surface area contributed by atoms with Crippen LogP contribution < -0.4 is 11.1 Å². The van der Waals surface area contributed by atoms with Crippen LogP contribution in [0.5, 0.6) is 0 Å². The maximum absolute atomic E-state index is 13.4. The lowest BCUT2D eigenvalue weighted by atomic mass is 10.0. The van der Waals surface area contributed by atoms with Gasteiger partial charge in [0.05, 0.1) is 5.56 Å². The minimum Gasteiger partial charge on any atom is -0.370 e. The lowest BCUT2D eigenvalue weighted by molar-refractivity contribution is -0.118. The molecule has 2 aromatic carbocycles. The molecule has 0 saturated carbocycles. The molecule has 0 aromatic heterocycles. The summed E-state index contributed by atoms with van der Waals surface area (Å²) in [6, 6.07) is 12.3. The fourth-order valence-corrected chi connectivity index (χ4v) is 2.03. The minimum absolute atomic E-state index is 0.121. The lowest BCUT2D eigenvalue weighted by Gasteiger charge is -2.18. The molecule has 1 amide bonds. The van der Waals surface area contributed by atoms with E-state index in [-0.39, 0.29) is 5.56 Å². The highest BCUT2D eigenvalue weighted by molar-refractivity contribution is 5.84. The number of amides is 1. The van der Waals surface area contributed by atoms with Gasteiger partial charge in [-0.3, -0.25) is 4.79 Å². The fourth-order valence-electron chi connectivity index (χ4n) is 2.03. The van der Waals surface area contributed by atoms with Crippen LogP contribution in [0.15, 0.2) is 42.5 Å². The van der Waals surface area contributed by atoms with Crippen molar-refractivity contribution in [3.8, 4) is 6.07 Å². The Hall–Kier alpha value is -2.87. The summed E-state index contributed by atoms with van der Waals surface area (Å²) < 4.78 is 13.4. The van der Waals surface area contributed by atoms with Crippen molar-refractivity contribution in [2.24, 2.45) is 5.73 Å². The van der Waals surface area contributed by atoms with Crippen molar-refractivity contribution in [3.05, 3.63) is 65.0 Å². The van der Waals surface area contributed by atoms with Gasteiger partial charge in [-0.25, -0.2) is 4.39 Å². The molecular weight excluding hydrogens is 269 g/mol. The number of hydrogen-bond acceptors (Lipinski definition) is 3. The Labute approximate surface area is 122 Å². The lowest BCUT2D eigenvalue weighted by Crippen LogP contribution is -2.27. The first kappa shape index (κ1) is 14.5. The number of hydrogen-bond donors (Lipinski definition) is 2. The first-order chi connectivity index (χ1) is 10.0. The Balaban J connectivity index is 2.36. The highest BCUT2D eigenvalue weighted by Gasteiger charge is 2.19. The number of nitrogens with one attached hydrogen (secondary N) is 1. The summed E-state index contributed by atoms with van der Waals surface area (Å²) >= 11 is 0. The SMILES string of the molecule is Cc1cccc(NC(C(N)=O)c2ccc(F)c(C#N)c2)c1. The quantitative estimate of drug-likeness (QED) is 0.905. The summed E-state index contributed by atoms with van der Waals surface area (Å²) in [4.78, 5) is 11.7. The predicted molar refractivity (Wildman–Crippen MR) is 77.9 cm³/mol. The van der Waals surface area contributed by atoms with Gasteiger partial charge in [0.25, 0.3) is 0 Å². The van der Waals surface area contributed by atoms with Gasteiger partial charge in [0.2, 0.25) is 5.91 Å². The van der Waals surface area contributed by atoms with Crippen LogP contribution >= 0.6 is 0 Å². The second-order valence-corrected chi connectivity index (χ2v) is 4.70. The highest BCUT2D eigenvalue weighted by Crippen LogP contribution is 2.22. The van der Waals surface area contributed by atoms with Crippen molar-refractivity contribution in [1.29, 1.82) is 5.26 Å². The van der Waals surface area contributed by atoms with Gasteiger partial charge >= 0.3 is 0 Å². The predicted octanol–water partition coefficient (Wildman–Crippen LogP) is 2.64. The molecule has 2 aromatic rings. The summed E-state index contributed by atoms with van der Waals surface area (Å²) in [5, 5.41) is 11.9. The zero-order chi connectivity index (χ0) is 15.4. The van der Waals surface area contributed by atoms with Crippen LogP contribution in [0.2, 0.25) is 0 Å². The summed E-state index contributed by atoms with van der Waals surface area (Å²) in [6.45, 7) is 1.93. The molecular formula is C16H14FN3O. The van der Waals surface area contributed by atoms with Gasteiger partial charge in [0, 0.05) is 5.69 Å². The normalized spacial score (nSPS) is 11.5. The van der Waals surface area contributed by atoms with Crippen LogP contribution in [0.25, 0.3) is 0 Å². The third kappa shape index (κ3) is 3.37. The van der Waals surface area contributed by atoms with Gasteiger partial charge in [-0.05, 0) is 42.3 Å². The third-order valence-corrected chi connectivity index (χ3v) is 3.06. The Kier molecular flexibility index (Phi) is 4.19. The molecule has 1 unspecified atom stereocenters. The Morgan fingerprint density at radius 1 is 1.33 bits per heavy atom. The van der Waals surface area contributed by atoms with Gasteiger partial charge in [0.1, 0.15) is 17.9 Å². The number of primary amides is 1. The average molecular weight is 283 g/mol. The van der Waals surface area contributed by atoms with Crippen molar-refractivity contribution < 1.29 is 9.18 Å². The van der Waals surface area contributed by atoms with Gasteiger partial charge in [-0.2, -0.15) is 5.26 Å². The molecule has 0 fully saturated rings. The zero-order valence-electron chi connectivity index (χ0n) is 11.4. The Morgan fingerprint density at radius 3 is 2.71 bits per heavy atom. The van der Waals surface area contributed by atoms with E-state index in [1.807, 2.05) is 25.1 Å². The zero-order valence-corrected chi connectivity index (χ0v) is 11.4. The fraction of sp³-hybridized carbons (Fsp3) is 0.125. The Bertz CT molecular complexity index is 722. The monoisotopic (exact) mass is 283 g/mol. The number of nitriles is 1.